The summed E-state index contributed by atoms with van der Waals surface area (Å²) in [5.41, 5.74) is 3.90. The third kappa shape index (κ3) is 5.83. The Kier molecular flexibility index (Phi) is 7.48. The lowest BCUT2D eigenvalue weighted by atomic mass is 10.1. The summed E-state index contributed by atoms with van der Waals surface area (Å²) in [4.78, 5) is 29.8. The van der Waals surface area contributed by atoms with Crippen molar-refractivity contribution in [3.63, 3.8) is 0 Å². The van der Waals surface area contributed by atoms with Gasteiger partial charge in [-0.2, -0.15) is 0 Å². The van der Waals surface area contributed by atoms with Crippen LogP contribution in [-0.4, -0.2) is 25.0 Å². The average Bonchev–Trinajstić information content (AvgIpc) is 3.00. The normalized spacial score (nSPS) is 15.8. The number of amides is 2. The van der Waals surface area contributed by atoms with Gasteiger partial charge in [0.25, 0.3) is 11.8 Å². The lowest BCUT2D eigenvalue weighted by Gasteiger charge is -2.30. The van der Waals surface area contributed by atoms with Gasteiger partial charge in [-0.05, 0) is 78.2 Å². The van der Waals surface area contributed by atoms with Crippen molar-refractivity contribution in [2.45, 2.75) is 24.4 Å². The van der Waals surface area contributed by atoms with Crippen molar-refractivity contribution in [2.75, 3.05) is 18.1 Å². The summed E-state index contributed by atoms with van der Waals surface area (Å²) in [6.07, 6.45) is 1.83. The zero-order valence-corrected chi connectivity index (χ0v) is 23.1. The molecule has 1 atom stereocenters. The Hall–Kier alpha value is -4.56. The molecule has 0 unspecified atom stereocenters. The minimum Gasteiger partial charge on any atom is -0.486 e. The molecule has 2 aliphatic heterocycles. The summed E-state index contributed by atoms with van der Waals surface area (Å²) in [7, 11) is 0. The number of ether oxygens (including phenoxy) is 2. The van der Waals surface area contributed by atoms with Crippen LogP contribution in [0.1, 0.15) is 40.0 Å². The van der Waals surface area contributed by atoms with Crippen LogP contribution in [-0.2, 0) is 11.3 Å². The number of anilines is 1. The molecule has 41 heavy (non-hydrogen) atoms. The minimum absolute atomic E-state index is 0.131. The van der Waals surface area contributed by atoms with Crippen molar-refractivity contribution in [1.82, 2.24) is 5.32 Å². The Morgan fingerprint density at radius 2 is 1.71 bits per heavy atom. The summed E-state index contributed by atoms with van der Waals surface area (Å²) < 4.78 is 24.7. The number of para-hydroxylation sites is 1. The average molecular weight is 567 g/mol. The molecular weight excluding hydrogens is 539 g/mol. The van der Waals surface area contributed by atoms with Crippen molar-refractivity contribution in [3.8, 4) is 11.5 Å². The highest BCUT2D eigenvalue weighted by molar-refractivity contribution is 8.04. The largest absolute Gasteiger partial charge is 0.486 e. The van der Waals surface area contributed by atoms with E-state index in [1.54, 1.807) is 29.2 Å². The highest BCUT2D eigenvalue weighted by atomic mass is 32.2. The zero-order chi connectivity index (χ0) is 28.3. The van der Waals surface area contributed by atoms with Crippen LogP contribution in [0.15, 0.2) is 101 Å². The van der Waals surface area contributed by atoms with Gasteiger partial charge in [0.05, 0.1) is 23.2 Å². The van der Waals surface area contributed by atoms with Crippen LogP contribution in [0.5, 0.6) is 11.5 Å². The predicted molar refractivity (Wildman–Crippen MR) is 158 cm³/mol. The standard InChI is InChI=1S/C33H27FN2O4S/c1-21(25-12-15-28-29(19-25)40-17-16-39-28)35-32(37)24-10-6-22(7-11-24)18-31-33(38)36(20-23-8-13-26(34)14-9-23)27-4-2-3-5-30(27)41-31/h2-15,18-19,21H,16-17,20H2,1H3,(H,35,37)/b31-18-/t21-/m1/s1. The molecule has 0 saturated heterocycles. The molecule has 0 fully saturated rings. The quantitative estimate of drug-likeness (QED) is 0.261. The van der Waals surface area contributed by atoms with Crippen LogP contribution in [0.2, 0.25) is 0 Å². The molecule has 8 heteroatoms. The van der Waals surface area contributed by atoms with Crippen molar-refractivity contribution < 1.29 is 23.5 Å². The van der Waals surface area contributed by atoms with Gasteiger partial charge in [0.2, 0.25) is 0 Å². The Morgan fingerprint density at radius 3 is 2.49 bits per heavy atom. The lowest BCUT2D eigenvalue weighted by Crippen LogP contribution is -2.33. The fraction of sp³-hybridized carbons (Fsp3) is 0.152. The first-order valence-electron chi connectivity index (χ1n) is 13.3. The van der Waals surface area contributed by atoms with E-state index in [1.807, 2.05) is 67.6 Å². The summed E-state index contributed by atoms with van der Waals surface area (Å²) in [5.74, 6) is 0.744. The van der Waals surface area contributed by atoms with Crippen molar-refractivity contribution in [3.05, 3.63) is 124 Å². The van der Waals surface area contributed by atoms with Gasteiger partial charge in [-0.3, -0.25) is 9.59 Å². The van der Waals surface area contributed by atoms with Gasteiger partial charge in [-0.15, -0.1) is 0 Å². The lowest BCUT2D eigenvalue weighted by molar-refractivity contribution is -0.114. The summed E-state index contributed by atoms with van der Waals surface area (Å²) in [6, 6.07) is 26.5. The first kappa shape index (κ1) is 26.7. The number of carbonyl (C=O) groups excluding carboxylic acids is 2. The van der Waals surface area contributed by atoms with Gasteiger partial charge < -0.3 is 19.7 Å². The molecule has 206 valence electrons. The molecule has 0 aromatic heterocycles. The third-order valence-electron chi connectivity index (χ3n) is 6.97. The number of carbonyl (C=O) groups is 2. The predicted octanol–water partition coefficient (Wildman–Crippen LogP) is 6.77. The Bertz CT molecular complexity index is 1640. The molecule has 6 nitrogen and oxygen atoms in total. The molecule has 0 aliphatic carbocycles. The molecule has 4 aromatic carbocycles. The Balaban J connectivity index is 1.17. The number of halogens is 1. The molecule has 4 aromatic rings. The van der Waals surface area contributed by atoms with E-state index in [0.29, 0.717) is 41.7 Å². The second kappa shape index (κ2) is 11.5. The van der Waals surface area contributed by atoms with Crippen molar-refractivity contribution in [2.24, 2.45) is 0 Å². The summed E-state index contributed by atoms with van der Waals surface area (Å²) in [6.45, 7) is 3.28. The molecule has 2 heterocycles. The van der Waals surface area contributed by atoms with E-state index in [9.17, 15) is 14.0 Å². The number of rotatable bonds is 6. The summed E-state index contributed by atoms with van der Waals surface area (Å²) in [5, 5.41) is 3.03. The maximum absolute atomic E-state index is 13.6. The fourth-order valence-corrected chi connectivity index (χ4v) is 5.83. The van der Waals surface area contributed by atoms with E-state index in [4.69, 9.17) is 9.47 Å². The molecule has 1 N–H and O–H groups in total. The number of thioether (sulfide) groups is 1. The SMILES string of the molecule is C[C@@H](NC(=O)c1ccc(/C=C2\Sc3ccccc3N(Cc3ccc(F)cc3)C2=O)cc1)c1ccc2c(c1)OCCO2. The smallest absolute Gasteiger partial charge is 0.265 e. The number of nitrogens with one attached hydrogen (secondary N) is 1. The Morgan fingerprint density at radius 1 is 0.976 bits per heavy atom. The molecule has 2 amide bonds. The van der Waals surface area contributed by atoms with Crippen LogP contribution >= 0.6 is 11.8 Å². The number of nitrogens with zero attached hydrogens (tertiary/aromatic N) is 1. The number of benzene rings is 4. The van der Waals surface area contributed by atoms with Crippen LogP contribution < -0.4 is 19.7 Å². The van der Waals surface area contributed by atoms with E-state index < -0.39 is 0 Å². The highest BCUT2D eigenvalue weighted by Gasteiger charge is 2.29. The molecule has 2 aliphatic rings. The minimum atomic E-state index is -0.315. The first-order valence-corrected chi connectivity index (χ1v) is 14.1. The second-order valence-corrected chi connectivity index (χ2v) is 10.9. The fourth-order valence-electron chi connectivity index (χ4n) is 4.77. The molecule has 6 rings (SSSR count). The van der Waals surface area contributed by atoms with E-state index in [1.165, 1.54) is 23.9 Å². The maximum Gasteiger partial charge on any atom is 0.265 e. The van der Waals surface area contributed by atoms with Gasteiger partial charge in [0, 0.05) is 10.5 Å². The third-order valence-corrected chi connectivity index (χ3v) is 8.05. The zero-order valence-electron chi connectivity index (χ0n) is 22.3. The number of fused-ring (bicyclic) bond motifs is 2. The molecular formula is C33H27FN2O4S. The topological polar surface area (TPSA) is 67.9 Å². The van der Waals surface area contributed by atoms with Gasteiger partial charge in [-0.1, -0.05) is 54.2 Å². The van der Waals surface area contributed by atoms with E-state index in [-0.39, 0.29) is 23.7 Å². The van der Waals surface area contributed by atoms with Crippen LogP contribution in [0, 0.1) is 5.82 Å². The van der Waals surface area contributed by atoms with Crippen molar-refractivity contribution in [1.29, 1.82) is 0 Å². The van der Waals surface area contributed by atoms with Gasteiger partial charge >= 0.3 is 0 Å². The van der Waals surface area contributed by atoms with Gasteiger partial charge in [0.1, 0.15) is 19.0 Å². The first-order chi connectivity index (χ1) is 19.9. The molecule has 0 saturated carbocycles. The molecule has 0 bridgehead atoms. The van der Waals surface area contributed by atoms with Crippen LogP contribution in [0.3, 0.4) is 0 Å². The second-order valence-electron chi connectivity index (χ2n) is 9.82. The monoisotopic (exact) mass is 566 g/mol. The van der Waals surface area contributed by atoms with Gasteiger partial charge in [0.15, 0.2) is 11.5 Å². The summed E-state index contributed by atoms with van der Waals surface area (Å²) >= 11 is 1.41. The molecule has 0 spiro atoms. The number of hydrogen-bond acceptors (Lipinski definition) is 5. The maximum atomic E-state index is 13.6. The van der Waals surface area contributed by atoms with E-state index in [2.05, 4.69) is 5.32 Å². The molecule has 0 radical (unpaired) electrons. The van der Waals surface area contributed by atoms with E-state index in [0.717, 1.165) is 27.3 Å². The van der Waals surface area contributed by atoms with Crippen LogP contribution in [0.25, 0.3) is 6.08 Å². The van der Waals surface area contributed by atoms with Crippen molar-refractivity contribution >= 4 is 35.3 Å². The van der Waals surface area contributed by atoms with Crippen LogP contribution in [0.4, 0.5) is 10.1 Å². The van der Waals surface area contributed by atoms with Gasteiger partial charge in [-0.25, -0.2) is 4.39 Å². The highest BCUT2D eigenvalue weighted by Crippen LogP contribution is 2.42. The van der Waals surface area contributed by atoms with E-state index >= 15 is 0 Å². The number of hydrogen-bond donors (Lipinski definition) is 1. The Labute approximate surface area is 241 Å².